The van der Waals surface area contributed by atoms with E-state index in [0.29, 0.717) is 21.4 Å². The van der Waals surface area contributed by atoms with E-state index in [2.05, 4.69) is 0 Å². The lowest BCUT2D eigenvalue weighted by Gasteiger charge is -1.97. The molecule has 0 bridgehead atoms. The van der Waals surface area contributed by atoms with Crippen LogP contribution in [-0.2, 0) is 0 Å². The molecule has 2 aromatic rings. The number of hydrogen-bond donors (Lipinski definition) is 0. The summed E-state index contributed by atoms with van der Waals surface area (Å²) in [6.45, 7) is 3.65. The highest BCUT2D eigenvalue weighted by atomic mass is 35.5. The third kappa shape index (κ3) is 1.95. The summed E-state index contributed by atoms with van der Waals surface area (Å²) in [6.07, 6.45) is 0. The molecule has 1 aromatic carbocycles. The van der Waals surface area contributed by atoms with Gasteiger partial charge in [-0.1, -0.05) is 37.0 Å². The number of benzene rings is 1. The van der Waals surface area contributed by atoms with Crippen LogP contribution in [0.5, 0.6) is 0 Å². The molecule has 0 aliphatic carbocycles. The summed E-state index contributed by atoms with van der Waals surface area (Å²) in [5.74, 6) is 0.187. The highest BCUT2D eigenvalue weighted by Gasteiger charge is 2.17. The van der Waals surface area contributed by atoms with Gasteiger partial charge in [0.1, 0.15) is 5.58 Å². The Balaban J connectivity index is 2.60. The van der Waals surface area contributed by atoms with Gasteiger partial charge in [-0.25, -0.2) is 0 Å². The predicted octanol–water partition coefficient (Wildman–Crippen LogP) is 4.58. The summed E-state index contributed by atoms with van der Waals surface area (Å²) in [5, 5.41) is 1.71. The molecule has 0 spiro atoms. The van der Waals surface area contributed by atoms with Crippen LogP contribution in [0.3, 0.4) is 0 Å². The highest BCUT2D eigenvalue weighted by Crippen LogP contribution is 2.31. The fourth-order valence-electron chi connectivity index (χ4n) is 1.47. The lowest BCUT2D eigenvalue weighted by Crippen LogP contribution is -2.05. The second-order valence-corrected chi connectivity index (χ2v) is 4.77. The van der Waals surface area contributed by atoms with Crippen LogP contribution in [0, 0.1) is 5.92 Å². The van der Waals surface area contributed by atoms with Gasteiger partial charge in [-0.3, -0.25) is 4.79 Å². The van der Waals surface area contributed by atoms with Crippen molar-refractivity contribution in [1.29, 1.82) is 0 Å². The normalized spacial score (nSPS) is 11.3. The molecule has 0 fully saturated rings. The second kappa shape index (κ2) is 4.11. The van der Waals surface area contributed by atoms with Gasteiger partial charge in [0.05, 0.1) is 5.02 Å². The van der Waals surface area contributed by atoms with E-state index in [0.717, 1.165) is 5.39 Å². The van der Waals surface area contributed by atoms with E-state index in [9.17, 15) is 4.79 Å². The molecule has 0 N–H and O–H groups in total. The molecular formula is C12H10Cl2O2. The molecule has 0 aliphatic rings. The zero-order valence-corrected chi connectivity index (χ0v) is 10.4. The Hall–Kier alpha value is -0.990. The van der Waals surface area contributed by atoms with Crippen molar-refractivity contribution in [3.8, 4) is 0 Å². The molecule has 0 amide bonds. The molecule has 16 heavy (non-hydrogen) atoms. The average Bonchev–Trinajstić information content (AvgIpc) is 2.60. The molecule has 84 valence electrons. The lowest BCUT2D eigenvalue weighted by atomic mass is 10.1. The monoisotopic (exact) mass is 256 g/mol. The number of fused-ring (bicyclic) bond motifs is 1. The maximum Gasteiger partial charge on any atom is 0.200 e. The van der Waals surface area contributed by atoms with Crippen molar-refractivity contribution < 1.29 is 9.21 Å². The average molecular weight is 257 g/mol. The molecule has 0 atom stereocenters. The smallest absolute Gasteiger partial charge is 0.200 e. The molecule has 0 unspecified atom stereocenters. The van der Waals surface area contributed by atoms with E-state index in [-0.39, 0.29) is 11.7 Å². The molecule has 4 heteroatoms. The van der Waals surface area contributed by atoms with Crippen molar-refractivity contribution in [2.75, 3.05) is 0 Å². The molecular weight excluding hydrogens is 247 g/mol. The van der Waals surface area contributed by atoms with Gasteiger partial charge in [-0.2, -0.15) is 0 Å². The summed E-state index contributed by atoms with van der Waals surface area (Å²) in [7, 11) is 0. The fourth-order valence-corrected chi connectivity index (χ4v) is 2.00. The summed E-state index contributed by atoms with van der Waals surface area (Å²) in [6, 6.07) is 4.95. The standard InChI is InChI=1S/C12H10Cl2O2/c1-6(2)12(15)11-5-8-9(14)3-7(13)4-10(8)16-11/h3-6H,1-2H3. The van der Waals surface area contributed by atoms with Crippen LogP contribution in [0.2, 0.25) is 10.0 Å². The third-order valence-electron chi connectivity index (χ3n) is 2.32. The van der Waals surface area contributed by atoms with Crippen LogP contribution in [0.25, 0.3) is 11.0 Å². The number of furan rings is 1. The first-order valence-electron chi connectivity index (χ1n) is 4.92. The summed E-state index contributed by atoms with van der Waals surface area (Å²) in [4.78, 5) is 11.7. The third-order valence-corrected chi connectivity index (χ3v) is 2.85. The Morgan fingerprint density at radius 1 is 1.25 bits per heavy atom. The van der Waals surface area contributed by atoms with E-state index in [1.54, 1.807) is 18.2 Å². The van der Waals surface area contributed by atoms with Crippen LogP contribution >= 0.6 is 23.2 Å². The number of carbonyl (C=O) groups excluding carboxylic acids is 1. The van der Waals surface area contributed by atoms with E-state index in [1.165, 1.54) is 0 Å². The number of hydrogen-bond acceptors (Lipinski definition) is 2. The zero-order chi connectivity index (χ0) is 11.9. The Morgan fingerprint density at radius 2 is 1.94 bits per heavy atom. The van der Waals surface area contributed by atoms with Gasteiger partial charge >= 0.3 is 0 Å². The van der Waals surface area contributed by atoms with Crippen molar-refractivity contribution >= 4 is 40.0 Å². The molecule has 0 saturated carbocycles. The van der Waals surface area contributed by atoms with Crippen LogP contribution in [0.4, 0.5) is 0 Å². The number of carbonyl (C=O) groups is 1. The molecule has 0 saturated heterocycles. The van der Waals surface area contributed by atoms with Gasteiger partial charge in [0, 0.05) is 22.4 Å². The van der Waals surface area contributed by atoms with Crippen molar-refractivity contribution in [2.24, 2.45) is 5.92 Å². The number of rotatable bonds is 2. The van der Waals surface area contributed by atoms with E-state index in [1.807, 2.05) is 13.8 Å². The van der Waals surface area contributed by atoms with Crippen molar-refractivity contribution in [3.63, 3.8) is 0 Å². The first kappa shape index (κ1) is 11.5. The van der Waals surface area contributed by atoms with Crippen LogP contribution < -0.4 is 0 Å². The zero-order valence-electron chi connectivity index (χ0n) is 8.88. The van der Waals surface area contributed by atoms with E-state index in [4.69, 9.17) is 27.6 Å². The molecule has 1 heterocycles. The fraction of sp³-hybridized carbons (Fsp3) is 0.250. The number of Topliss-reactive ketones (excluding diaryl/α,β-unsaturated/α-hetero) is 1. The van der Waals surface area contributed by atoms with Gasteiger partial charge in [0.25, 0.3) is 0 Å². The largest absolute Gasteiger partial charge is 0.453 e. The second-order valence-electron chi connectivity index (χ2n) is 3.93. The van der Waals surface area contributed by atoms with Crippen molar-refractivity contribution in [2.45, 2.75) is 13.8 Å². The Kier molecular flexibility index (Phi) is 2.96. The topological polar surface area (TPSA) is 30.2 Å². The van der Waals surface area contributed by atoms with Gasteiger partial charge in [-0.05, 0) is 12.1 Å². The SMILES string of the molecule is CC(C)C(=O)c1cc2c(Cl)cc(Cl)cc2o1. The Morgan fingerprint density at radius 3 is 2.56 bits per heavy atom. The van der Waals surface area contributed by atoms with Crippen LogP contribution in [-0.4, -0.2) is 5.78 Å². The molecule has 1 aromatic heterocycles. The summed E-state index contributed by atoms with van der Waals surface area (Å²) in [5.41, 5.74) is 0.543. The van der Waals surface area contributed by atoms with Gasteiger partial charge in [-0.15, -0.1) is 0 Å². The number of halogens is 2. The maximum atomic E-state index is 11.7. The van der Waals surface area contributed by atoms with Gasteiger partial charge < -0.3 is 4.42 Å². The minimum atomic E-state index is -0.102. The molecule has 2 rings (SSSR count). The number of ketones is 1. The molecule has 2 nitrogen and oxygen atoms in total. The highest BCUT2D eigenvalue weighted by molar-refractivity contribution is 6.38. The Bertz CT molecular complexity index is 555. The van der Waals surface area contributed by atoms with Crippen molar-refractivity contribution in [1.82, 2.24) is 0 Å². The minimum Gasteiger partial charge on any atom is -0.453 e. The Labute approximate surface area is 103 Å². The first-order valence-corrected chi connectivity index (χ1v) is 5.67. The predicted molar refractivity (Wildman–Crippen MR) is 65.4 cm³/mol. The van der Waals surface area contributed by atoms with Crippen LogP contribution in [0.15, 0.2) is 22.6 Å². The quantitative estimate of drug-likeness (QED) is 0.737. The molecule has 0 radical (unpaired) electrons. The minimum absolute atomic E-state index is 0.0385. The summed E-state index contributed by atoms with van der Waals surface area (Å²) < 4.78 is 5.43. The van der Waals surface area contributed by atoms with Crippen LogP contribution in [0.1, 0.15) is 24.4 Å². The van der Waals surface area contributed by atoms with Gasteiger partial charge in [0.2, 0.25) is 5.78 Å². The summed E-state index contributed by atoms with van der Waals surface area (Å²) >= 11 is 11.9. The molecule has 0 aliphatic heterocycles. The van der Waals surface area contributed by atoms with E-state index >= 15 is 0 Å². The maximum absolute atomic E-state index is 11.7. The van der Waals surface area contributed by atoms with E-state index < -0.39 is 0 Å². The van der Waals surface area contributed by atoms with Crippen molar-refractivity contribution in [3.05, 3.63) is 34.0 Å². The first-order chi connectivity index (χ1) is 7.49. The lowest BCUT2D eigenvalue weighted by molar-refractivity contribution is 0.0913. The van der Waals surface area contributed by atoms with Gasteiger partial charge in [0.15, 0.2) is 5.76 Å².